The third-order valence-corrected chi connectivity index (χ3v) is 5.59. The van der Waals surface area contributed by atoms with Gasteiger partial charge >= 0.3 is 11.7 Å². The highest BCUT2D eigenvalue weighted by Crippen LogP contribution is 2.25. The van der Waals surface area contributed by atoms with E-state index < -0.39 is 16.5 Å². The average Bonchev–Trinajstić information content (AvgIpc) is 2.87. The number of ether oxygens (including phenoxy) is 2. The molecule has 1 fully saturated rings. The summed E-state index contributed by atoms with van der Waals surface area (Å²) in [6.07, 6.45) is 0.890. The Balaban J connectivity index is 1.75. The molecule has 0 unspecified atom stereocenters. The van der Waals surface area contributed by atoms with Crippen molar-refractivity contribution in [2.75, 3.05) is 19.7 Å². The van der Waals surface area contributed by atoms with E-state index >= 15 is 0 Å². The molecule has 1 aliphatic heterocycles. The Hall–Kier alpha value is -4.59. The molecule has 11 nitrogen and oxygen atoms in total. The highest BCUT2D eigenvalue weighted by molar-refractivity contribution is 5.96. The van der Waals surface area contributed by atoms with Crippen LogP contribution in [0.15, 0.2) is 65.2 Å². The molecule has 11 heteroatoms. The van der Waals surface area contributed by atoms with E-state index in [4.69, 9.17) is 26.3 Å². The summed E-state index contributed by atoms with van der Waals surface area (Å²) in [6.45, 7) is 2.68. The van der Waals surface area contributed by atoms with Gasteiger partial charge in [0.1, 0.15) is 5.75 Å². The Labute approximate surface area is 202 Å². The first kappa shape index (κ1) is 25.0. The summed E-state index contributed by atoms with van der Waals surface area (Å²) in [7, 11) is 0. The molecule has 1 saturated heterocycles. The van der Waals surface area contributed by atoms with Gasteiger partial charge in [-0.1, -0.05) is 24.3 Å². The number of hydrogen-bond acceptors (Lipinski definition) is 9. The monoisotopic (exact) mass is 478 g/mol. The van der Waals surface area contributed by atoms with Crippen LogP contribution in [0.2, 0.25) is 0 Å². The van der Waals surface area contributed by atoms with Crippen LogP contribution in [-0.4, -0.2) is 41.3 Å². The molecule has 0 spiro atoms. The van der Waals surface area contributed by atoms with Crippen molar-refractivity contribution in [1.29, 1.82) is 5.26 Å². The maximum Gasteiger partial charge on any atom is 0.372 e. The molecule has 2 aromatic rings. The number of piperidine rings is 1. The number of nitrogens with two attached hydrogens (primary N) is 2. The minimum Gasteiger partial charge on any atom is -0.466 e. The van der Waals surface area contributed by atoms with E-state index in [9.17, 15) is 14.9 Å². The first-order chi connectivity index (χ1) is 16.9. The lowest BCUT2D eigenvalue weighted by Crippen LogP contribution is -2.43. The van der Waals surface area contributed by atoms with Gasteiger partial charge in [0.2, 0.25) is 5.84 Å². The normalized spacial score (nSPS) is 15.1. The molecule has 0 bridgehead atoms. The van der Waals surface area contributed by atoms with Crippen LogP contribution >= 0.6 is 0 Å². The topological polar surface area (TPSA) is 170 Å². The van der Waals surface area contributed by atoms with Crippen molar-refractivity contribution in [3.8, 4) is 22.9 Å². The van der Waals surface area contributed by atoms with Crippen molar-refractivity contribution in [2.45, 2.75) is 19.8 Å². The number of amidine groups is 1. The zero-order valence-electron chi connectivity index (χ0n) is 19.2. The van der Waals surface area contributed by atoms with Crippen LogP contribution in [0, 0.1) is 27.4 Å². The molecule has 1 heterocycles. The molecule has 35 heavy (non-hydrogen) atoms. The largest absolute Gasteiger partial charge is 0.466 e. The third kappa shape index (κ3) is 6.05. The van der Waals surface area contributed by atoms with Crippen LogP contribution in [0.4, 0.5) is 0 Å². The zero-order chi connectivity index (χ0) is 25.4. The highest BCUT2D eigenvalue weighted by Gasteiger charge is 2.35. The van der Waals surface area contributed by atoms with Crippen LogP contribution < -0.4 is 16.3 Å². The number of rotatable bonds is 7. The number of benzene rings is 2. The van der Waals surface area contributed by atoms with Crippen LogP contribution in [0.5, 0.6) is 5.75 Å². The van der Waals surface area contributed by atoms with E-state index in [1.165, 1.54) is 0 Å². The van der Waals surface area contributed by atoms with Gasteiger partial charge in [-0.25, -0.2) is 0 Å². The molecule has 0 saturated carbocycles. The number of carbonyl (C=O) groups excluding carboxylic acids is 1. The first-order valence-corrected chi connectivity index (χ1v) is 11.0. The Morgan fingerprint density at radius 2 is 1.74 bits per heavy atom. The van der Waals surface area contributed by atoms with Crippen molar-refractivity contribution >= 4 is 11.8 Å². The van der Waals surface area contributed by atoms with Gasteiger partial charge in [0, 0.05) is 13.1 Å². The van der Waals surface area contributed by atoms with Gasteiger partial charge in [0.15, 0.2) is 0 Å². The first-order valence-electron chi connectivity index (χ1n) is 11.0. The molecule has 0 amide bonds. The molecule has 0 atom stereocenters. The van der Waals surface area contributed by atoms with Gasteiger partial charge in [-0.05, 0) is 55.2 Å². The number of nitrogens with zero attached hydrogens (tertiary/aromatic N) is 4. The van der Waals surface area contributed by atoms with Gasteiger partial charge in [-0.15, -0.1) is 0 Å². The van der Waals surface area contributed by atoms with E-state index in [0.29, 0.717) is 38.1 Å². The number of nitriles is 1. The fourth-order valence-electron chi connectivity index (χ4n) is 3.79. The van der Waals surface area contributed by atoms with Crippen molar-refractivity contribution in [3.05, 3.63) is 75.8 Å². The molecular weight excluding hydrogens is 452 g/mol. The summed E-state index contributed by atoms with van der Waals surface area (Å²) in [4.78, 5) is 24.7. The smallest absolute Gasteiger partial charge is 0.372 e. The summed E-state index contributed by atoms with van der Waals surface area (Å²) in [5.74, 6) is 4.65. The molecule has 0 aromatic heterocycles. The average molecular weight is 479 g/mol. The minimum absolute atomic E-state index is 0.121. The van der Waals surface area contributed by atoms with E-state index in [1.54, 1.807) is 48.2 Å². The number of hydrazone groups is 1. The molecule has 0 radical (unpaired) electrons. The van der Waals surface area contributed by atoms with Crippen LogP contribution in [0.3, 0.4) is 0 Å². The molecule has 1 aliphatic rings. The maximum absolute atomic E-state index is 12.0. The van der Waals surface area contributed by atoms with E-state index in [0.717, 1.165) is 11.1 Å². The van der Waals surface area contributed by atoms with E-state index in [1.807, 2.05) is 12.1 Å². The summed E-state index contributed by atoms with van der Waals surface area (Å²) >= 11 is 0. The second kappa shape index (κ2) is 11.5. The SMILES string of the molecule is CCOC(=O)C1CCN(C(=NN)C(=C(N)Oc2ccc(-c3ccc(C#N)cc3)cc2)[N+](=O)[O-])CC1. The quantitative estimate of drug-likeness (QED) is 0.115. The lowest BCUT2D eigenvalue weighted by Gasteiger charge is -2.31. The zero-order valence-corrected chi connectivity index (χ0v) is 19.2. The van der Waals surface area contributed by atoms with Crippen molar-refractivity contribution in [3.63, 3.8) is 0 Å². The molecule has 2 aromatic carbocycles. The van der Waals surface area contributed by atoms with E-state index in [-0.39, 0.29) is 23.5 Å². The van der Waals surface area contributed by atoms with Gasteiger partial charge in [-0.2, -0.15) is 10.4 Å². The van der Waals surface area contributed by atoms with Gasteiger partial charge < -0.3 is 25.9 Å². The molecule has 3 rings (SSSR count). The molecule has 4 N–H and O–H groups in total. The predicted octanol–water partition coefficient (Wildman–Crippen LogP) is 2.56. The summed E-state index contributed by atoms with van der Waals surface area (Å²) in [5, 5.41) is 24.4. The Morgan fingerprint density at radius 3 is 2.23 bits per heavy atom. The van der Waals surface area contributed by atoms with Gasteiger partial charge in [0.25, 0.3) is 5.88 Å². The van der Waals surface area contributed by atoms with Crippen molar-refractivity contribution in [1.82, 2.24) is 4.90 Å². The second-order valence-corrected chi connectivity index (χ2v) is 7.75. The van der Waals surface area contributed by atoms with Crippen LogP contribution in [0.1, 0.15) is 25.3 Å². The molecule has 0 aliphatic carbocycles. The van der Waals surface area contributed by atoms with Gasteiger partial charge in [0.05, 0.1) is 29.1 Å². The van der Waals surface area contributed by atoms with E-state index in [2.05, 4.69) is 11.2 Å². The molecular formula is C24H26N6O5. The number of nitro groups is 1. The standard InChI is InChI=1S/C24H26N6O5/c1-2-34-24(31)19-11-13-29(14-12-19)23(28-27)21(30(32)33)22(26)35-20-9-7-18(8-10-20)17-5-3-16(15-25)4-6-17/h3-10,19H,2,11-14,26-27H2,1H3. The fraction of sp³-hybridized carbons (Fsp3) is 0.292. The number of carbonyl (C=O) groups is 1. The van der Waals surface area contributed by atoms with Crippen molar-refractivity contribution < 1.29 is 19.2 Å². The fourth-order valence-corrected chi connectivity index (χ4v) is 3.79. The minimum atomic E-state index is -0.691. The molecule has 182 valence electrons. The highest BCUT2D eigenvalue weighted by atomic mass is 16.6. The van der Waals surface area contributed by atoms with Crippen LogP contribution in [-0.2, 0) is 9.53 Å². The summed E-state index contributed by atoms with van der Waals surface area (Å²) in [5.41, 5.74) is 7.74. The summed E-state index contributed by atoms with van der Waals surface area (Å²) < 4.78 is 10.6. The Bertz CT molecular complexity index is 1160. The number of esters is 1. The van der Waals surface area contributed by atoms with Gasteiger partial charge in [-0.3, -0.25) is 14.9 Å². The predicted molar refractivity (Wildman–Crippen MR) is 128 cm³/mol. The summed E-state index contributed by atoms with van der Waals surface area (Å²) in [6, 6.07) is 15.9. The Morgan fingerprint density at radius 1 is 1.17 bits per heavy atom. The lowest BCUT2D eigenvalue weighted by molar-refractivity contribution is -0.418. The Kier molecular flexibility index (Phi) is 8.24. The maximum atomic E-state index is 12.0. The number of hydrogen-bond donors (Lipinski definition) is 2. The van der Waals surface area contributed by atoms with Crippen molar-refractivity contribution in [2.24, 2.45) is 22.6 Å². The third-order valence-electron chi connectivity index (χ3n) is 5.59. The lowest BCUT2D eigenvalue weighted by atomic mass is 9.97. The second-order valence-electron chi connectivity index (χ2n) is 7.75. The van der Waals surface area contributed by atoms with Crippen LogP contribution in [0.25, 0.3) is 11.1 Å². The number of likely N-dealkylation sites (tertiary alicyclic amines) is 1.